The molecule has 0 aromatic heterocycles. The molecule has 0 amide bonds. The third-order valence-corrected chi connectivity index (χ3v) is 4.13. The van der Waals surface area contributed by atoms with Crippen molar-refractivity contribution in [2.24, 2.45) is 0 Å². The molecule has 1 nitrogen and oxygen atoms in total. The Bertz CT molecular complexity index is 375. The van der Waals surface area contributed by atoms with Crippen molar-refractivity contribution in [2.45, 2.75) is 51.0 Å². The molecule has 0 aliphatic heterocycles. The summed E-state index contributed by atoms with van der Waals surface area (Å²) in [5.74, 6) is 0. The van der Waals surface area contributed by atoms with Gasteiger partial charge in [0.1, 0.15) is 0 Å². The van der Waals surface area contributed by atoms with Crippen LogP contribution in [0.4, 0.5) is 0 Å². The second kappa shape index (κ2) is 7.37. The molecule has 0 bridgehead atoms. The fraction of sp³-hybridized carbons (Fsp3) is 0.600. The predicted octanol–water partition coefficient (Wildman–Crippen LogP) is 4.85. The third-order valence-electron chi connectivity index (χ3n) is 3.39. The van der Waals surface area contributed by atoms with Crippen LogP contribution in [0.3, 0.4) is 0 Å². The lowest BCUT2D eigenvalue weighted by molar-refractivity contribution is 0.585. The van der Waals surface area contributed by atoms with Gasteiger partial charge in [0.25, 0.3) is 0 Å². The van der Waals surface area contributed by atoms with E-state index in [2.05, 4.69) is 11.4 Å². The van der Waals surface area contributed by atoms with E-state index in [9.17, 15) is 0 Å². The van der Waals surface area contributed by atoms with E-state index in [4.69, 9.17) is 23.2 Å². The first-order valence-electron chi connectivity index (χ1n) is 6.93. The fourth-order valence-corrected chi connectivity index (χ4v) is 2.42. The first kappa shape index (κ1) is 14.2. The van der Waals surface area contributed by atoms with Crippen LogP contribution in [0.1, 0.15) is 44.1 Å². The third kappa shape index (κ3) is 5.17. The molecule has 1 aromatic carbocycles. The molecule has 1 saturated carbocycles. The van der Waals surface area contributed by atoms with Crippen molar-refractivity contribution in [3.05, 3.63) is 33.8 Å². The maximum Gasteiger partial charge on any atom is 0.0595 e. The second-order valence-corrected chi connectivity index (χ2v) is 5.96. The Hall–Kier alpha value is -0.240. The highest BCUT2D eigenvalue weighted by Gasteiger charge is 2.19. The summed E-state index contributed by atoms with van der Waals surface area (Å²) in [6.45, 7) is 1.19. The average Bonchev–Trinajstić information content (AvgIpc) is 3.16. The smallest absolute Gasteiger partial charge is 0.0595 e. The van der Waals surface area contributed by atoms with Crippen LogP contribution in [0, 0.1) is 0 Å². The summed E-state index contributed by atoms with van der Waals surface area (Å²) in [6.07, 6.45) is 9.04. The van der Waals surface area contributed by atoms with Crippen molar-refractivity contribution in [3.8, 4) is 0 Å². The number of unbranched alkanes of at least 4 members (excludes halogenated alkanes) is 3. The van der Waals surface area contributed by atoms with Crippen LogP contribution < -0.4 is 5.32 Å². The SMILES string of the molecule is Clc1ccc(CCCCCCNC2CC2)cc1Cl. The normalized spacial score (nSPS) is 15.0. The quantitative estimate of drug-likeness (QED) is 0.674. The molecule has 1 aliphatic carbocycles. The zero-order valence-corrected chi connectivity index (χ0v) is 12.2. The first-order valence-corrected chi connectivity index (χ1v) is 7.68. The van der Waals surface area contributed by atoms with Crippen LogP contribution in [-0.2, 0) is 6.42 Å². The molecule has 0 atom stereocenters. The molecule has 0 saturated heterocycles. The Balaban J connectivity index is 1.52. The van der Waals surface area contributed by atoms with E-state index < -0.39 is 0 Å². The molecule has 2 rings (SSSR count). The number of hydrogen-bond donors (Lipinski definition) is 1. The molecule has 1 aromatic rings. The molecule has 100 valence electrons. The minimum Gasteiger partial charge on any atom is -0.314 e. The lowest BCUT2D eigenvalue weighted by Gasteiger charge is -2.04. The van der Waals surface area contributed by atoms with E-state index in [1.54, 1.807) is 0 Å². The molecule has 0 heterocycles. The Morgan fingerprint density at radius 3 is 2.50 bits per heavy atom. The molecular weight excluding hydrogens is 265 g/mol. The van der Waals surface area contributed by atoms with Crippen LogP contribution >= 0.6 is 23.2 Å². The molecule has 0 unspecified atom stereocenters. The van der Waals surface area contributed by atoms with Gasteiger partial charge < -0.3 is 5.32 Å². The van der Waals surface area contributed by atoms with E-state index in [1.165, 1.54) is 50.6 Å². The van der Waals surface area contributed by atoms with E-state index in [1.807, 2.05) is 12.1 Å². The summed E-state index contributed by atoms with van der Waals surface area (Å²) in [5, 5.41) is 4.86. The molecule has 0 spiro atoms. The van der Waals surface area contributed by atoms with Gasteiger partial charge in [-0.05, 0) is 56.3 Å². The molecule has 1 fully saturated rings. The fourth-order valence-electron chi connectivity index (χ4n) is 2.10. The van der Waals surface area contributed by atoms with Gasteiger partial charge in [-0.1, -0.05) is 42.1 Å². The lowest BCUT2D eigenvalue weighted by Crippen LogP contribution is -2.17. The van der Waals surface area contributed by atoms with E-state index in [0.29, 0.717) is 10.0 Å². The number of nitrogens with one attached hydrogen (secondary N) is 1. The van der Waals surface area contributed by atoms with Crippen molar-refractivity contribution < 1.29 is 0 Å². The largest absolute Gasteiger partial charge is 0.314 e. The molecule has 18 heavy (non-hydrogen) atoms. The lowest BCUT2D eigenvalue weighted by atomic mass is 10.1. The minimum atomic E-state index is 0.645. The molecule has 0 radical (unpaired) electrons. The zero-order chi connectivity index (χ0) is 12.8. The minimum absolute atomic E-state index is 0.645. The van der Waals surface area contributed by atoms with Crippen molar-refractivity contribution >= 4 is 23.2 Å². The highest BCUT2D eigenvalue weighted by atomic mass is 35.5. The highest BCUT2D eigenvalue weighted by molar-refractivity contribution is 6.42. The monoisotopic (exact) mass is 285 g/mol. The Kier molecular flexibility index (Phi) is 5.81. The van der Waals surface area contributed by atoms with Crippen molar-refractivity contribution in [3.63, 3.8) is 0 Å². The van der Waals surface area contributed by atoms with Crippen LogP contribution in [-0.4, -0.2) is 12.6 Å². The summed E-state index contributed by atoms with van der Waals surface area (Å²) in [7, 11) is 0. The number of halogens is 2. The average molecular weight is 286 g/mol. The van der Waals surface area contributed by atoms with Crippen molar-refractivity contribution in [1.82, 2.24) is 5.32 Å². The topological polar surface area (TPSA) is 12.0 Å². The van der Waals surface area contributed by atoms with Gasteiger partial charge in [0.2, 0.25) is 0 Å². The number of benzene rings is 1. The van der Waals surface area contributed by atoms with Crippen LogP contribution in [0.2, 0.25) is 10.0 Å². The second-order valence-electron chi connectivity index (χ2n) is 5.14. The van der Waals surface area contributed by atoms with Gasteiger partial charge in [0.05, 0.1) is 10.0 Å². The first-order chi connectivity index (χ1) is 8.75. The molecular formula is C15H21Cl2N. The molecule has 3 heteroatoms. The highest BCUT2D eigenvalue weighted by Crippen LogP contribution is 2.23. The van der Waals surface area contributed by atoms with Crippen LogP contribution in [0.5, 0.6) is 0 Å². The molecule has 1 aliphatic rings. The van der Waals surface area contributed by atoms with Gasteiger partial charge in [-0.25, -0.2) is 0 Å². The summed E-state index contributed by atoms with van der Waals surface area (Å²) in [4.78, 5) is 0. The van der Waals surface area contributed by atoms with Gasteiger partial charge >= 0.3 is 0 Å². The Morgan fingerprint density at radius 1 is 1.00 bits per heavy atom. The maximum absolute atomic E-state index is 5.99. The standard InChI is InChI=1S/C15H21Cl2N/c16-14-9-6-12(11-15(14)17)5-3-1-2-4-10-18-13-7-8-13/h6,9,11,13,18H,1-5,7-8,10H2. The van der Waals surface area contributed by atoms with Gasteiger partial charge in [-0.15, -0.1) is 0 Å². The Labute approximate surface area is 120 Å². The van der Waals surface area contributed by atoms with Crippen LogP contribution in [0.15, 0.2) is 18.2 Å². The number of rotatable bonds is 8. The zero-order valence-electron chi connectivity index (χ0n) is 10.7. The number of hydrogen-bond acceptors (Lipinski definition) is 1. The predicted molar refractivity (Wildman–Crippen MR) is 79.7 cm³/mol. The number of aryl methyl sites for hydroxylation is 1. The summed E-state index contributed by atoms with van der Waals surface area (Å²) in [6, 6.07) is 6.79. The van der Waals surface area contributed by atoms with Crippen LogP contribution in [0.25, 0.3) is 0 Å². The van der Waals surface area contributed by atoms with Crippen molar-refractivity contribution in [2.75, 3.05) is 6.54 Å². The van der Waals surface area contributed by atoms with E-state index >= 15 is 0 Å². The van der Waals surface area contributed by atoms with E-state index in [0.717, 1.165) is 12.5 Å². The van der Waals surface area contributed by atoms with Gasteiger partial charge in [-0.2, -0.15) is 0 Å². The summed E-state index contributed by atoms with van der Waals surface area (Å²) >= 11 is 11.9. The van der Waals surface area contributed by atoms with Gasteiger partial charge in [0, 0.05) is 6.04 Å². The summed E-state index contributed by atoms with van der Waals surface area (Å²) in [5.41, 5.74) is 1.29. The molecule has 1 N–H and O–H groups in total. The van der Waals surface area contributed by atoms with Crippen molar-refractivity contribution in [1.29, 1.82) is 0 Å². The Morgan fingerprint density at radius 2 is 1.78 bits per heavy atom. The van der Waals surface area contributed by atoms with Gasteiger partial charge in [0.15, 0.2) is 0 Å². The summed E-state index contributed by atoms with van der Waals surface area (Å²) < 4.78 is 0. The van der Waals surface area contributed by atoms with Gasteiger partial charge in [-0.3, -0.25) is 0 Å². The van der Waals surface area contributed by atoms with E-state index in [-0.39, 0.29) is 0 Å². The maximum atomic E-state index is 5.99.